The number of ether oxygens (including phenoxy) is 1. The van der Waals surface area contributed by atoms with Gasteiger partial charge in [0.25, 0.3) is 0 Å². The van der Waals surface area contributed by atoms with Gasteiger partial charge in [-0.2, -0.15) is 0 Å². The average Bonchev–Trinajstić information content (AvgIpc) is 2.22. The third kappa shape index (κ3) is 2.41. The Morgan fingerprint density at radius 2 is 1.93 bits per heavy atom. The van der Waals surface area contributed by atoms with E-state index >= 15 is 0 Å². The Morgan fingerprint density at radius 1 is 1.27 bits per heavy atom. The summed E-state index contributed by atoms with van der Waals surface area (Å²) in [7, 11) is 4.36. The van der Waals surface area contributed by atoms with Crippen LogP contribution in [0.2, 0.25) is 0 Å². The van der Waals surface area contributed by atoms with Gasteiger partial charge >= 0.3 is 0 Å². The van der Waals surface area contributed by atoms with Crippen molar-refractivity contribution in [3.63, 3.8) is 0 Å². The van der Waals surface area contributed by atoms with Gasteiger partial charge in [-0.15, -0.1) is 6.58 Å². The highest BCUT2D eigenvalue weighted by atomic mass is 16.5. The summed E-state index contributed by atoms with van der Waals surface area (Å²) in [6, 6.07) is 0. The Bertz CT molecular complexity index is 234. The first-order valence-electron chi connectivity index (χ1n) is 5.81. The Balaban J connectivity index is 2.03. The van der Waals surface area contributed by atoms with Crippen LogP contribution < -0.4 is 0 Å². The van der Waals surface area contributed by atoms with Gasteiger partial charge in [-0.3, -0.25) is 0 Å². The molecule has 0 aliphatic carbocycles. The number of hydrogen-bond acceptors (Lipinski definition) is 3. The molecule has 2 heterocycles. The van der Waals surface area contributed by atoms with Crippen LogP contribution in [-0.4, -0.2) is 61.8 Å². The van der Waals surface area contributed by atoms with Gasteiger partial charge in [0.1, 0.15) is 0 Å². The molecule has 15 heavy (non-hydrogen) atoms. The molecule has 86 valence electrons. The summed E-state index contributed by atoms with van der Waals surface area (Å²) < 4.78 is 6.20. The average molecular weight is 210 g/mol. The summed E-state index contributed by atoms with van der Waals surface area (Å²) in [5, 5.41) is 0. The molecule has 0 aromatic heterocycles. The molecular formula is C12H22N2O. The quantitative estimate of drug-likeness (QED) is 0.600. The maximum Gasteiger partial charge on any atom is 0.0888 e. The maximum atomic E-state index is 6.20. The second kappa shape index (κ2) is 4.24. The molecule has 2 aliphatic heterocycles. The zero-order valence-corrected chi connectivity index (χ0v) is 9.91. The minimum atomic E-state index is 0.0956. The zero-order chi connectivity index (χ0) is 10.9. The Morgan fingerprint density at radius 3 is 2.53 bits per heavy atom. The molecule has 0 aromatic rings. The summed E-state index contributed by atoms with van der Waals surface area (Å²) >= 11 is 0. The van der Waals surface area contributed by atoms with E-state index < -0.39 is 0 Å². The summed E-state index contributed by atoms with van der Waals surface area (Å²) in [5.41, 5.74) is 0.0956. The molecule has 1 atom stereocenters. The zero-order valence-electron chi connectivity index (χ0n) is 9.91. The first-order valence-corrected chi connectivity index (χ1v) is 5.81. The normalized spacial score (nSPS) is 33.1. The highest BCUT2D eigenvalue weighted by molar-refractivity contribution is 4.97. The molecule has 1 spiro atoms. The number of hydrogen-bond donors (Lipinski definition) is 0. The number of nitrogens with zero attached hydrogens (tertiary/aromatic N) is 2. The van der Waals surface area contributed by atoms with Crippen molar-refractivity contribution in [3.8, 4) is 0 Å². The van der Waals surface area contributed by atoms with Crippen molar-refractivity contribution in [1.29, 1.82) is 0 Å². The second-order valence-corrected chi connectivity index (χ2v) is 5.08. The SMILES string of the molecule is C=CC1CN(C)CC2(CCN(C)CC2)O1. The van der Waals surface area contributed by atoms with Crippen molar-refractivity contribution in [2.24, 2.45) is 0 Å². The molecule has 2 fully saturated rings. The molecule has 0 radical (unpaired) electrons. The molecule has 3 heteroatoms. The van der Waals surface area contributed by atoms with Crippen LogP contribution in [0.5, 0.6) is 0 Å². The highest BCUT2D eigenvalue weighted by Gasteiger charge is 2.40. The van der Waals surface area contributed by atoms with E-state index in [2.05, 4.69) is 30.5 Å². The third-order valence-corrected chi connectivity index (χ3v) is 3.61. The molecule has 2 rings (SSSR count). The topological polar surface area (TPSA) is 15.7 Å². The summed E-state index contributed by atoms with van der Waals surface area (Å²) in [6.07, 6.45) is 4.46. The summed E-state index contributed by atoms with van der Waals surface area (Å²) in [6.45, 7) is 8.21. The second-order valence-electron chi connectivity index (χ2n) is 5.08. The first kappa shape index (κ1) is 11.1. The van der Waals surface area contributed by atoms with Crippen molar-refractivity contribution in [2.75, 3.05) is 40.3 Å². The molecule has 0 bridgehead atoms. The Labute approximate surface area is 92.7 Å². The monoisotopic (exact) mass is 210 g/mol. The van der Waals surface area contributed by atoms with Crippen molar-refractivity contribution >= 4 is 0 Å². The van der Waals surface area contributed by atoms with Crippen LogP contribution in [0.4, 0.5) is 0 Å². The van der Waals surface area contributed by atoms with Gasteiger partial charge < -0.3 is 14.5 Å². The van der Waals surface area contributed by atoms with Crippen molar-refractivity contribution < 1.29 is 4.74 Å². The molecule has 2 aliphatic rings. The number of piperidine rings is 1. The van der Waals surface area contributed by atoms with Crippen LogP contribution >= 0.6 is 0 Å². The Hall–Kier alpha value is -0.380. The molecular weight excluding hydrogens is 188 g/mol. The molecule has 0 amide bonds. The van der Waals surface area contributed by atoms with E-state index in [4.69, 9.17) is 4.74 Å². The lowest BCUT2D eigenvalue weighted by atomic mass is 9.89. The lowest BCUT2D eigenvalue weighted by Gasteiger charge is -2.48. The van der Waals surface area contributed by atoms with Gasteiger partial charge in [0.15, 0.2) is 0 Å². The first-order chi connectivity index (χ1) is 7.13. The number of rotatable bonds is 1. The van der Waals surface area contributed by atoms with E-state index in [1.165, 1.54) is 0 Å². The van der Waals surface area contributed by atoms with Crippen molar-refractivity contribution in [1.82, 2.24) is 9.80 Å². The minimum absolute atomic E-state index is 0.0956. The molecule has 0 saturated carbocycles. The largest absolute Gasteiger partial charge is 0.365 e. The van der Waals surface area contributed by atoms with Crippen LogP contribution in [0, 0.1) is 0 Å². The van der Waals surface area contributed by atoms with Gasteiger partial charge in [0, 0.05) is 26.2 Å². The van der Waals surface area contributed by atoms with Crippen LogP contribution in [0.1, 0.15) is 12.8 Å². The van der Waals surface area contributed by atoms with Gasteiger partial charge in [-0.25, -0.2) is 0 Å². The van der Waals surface area contributed by atoms with E-state index in [0.29, 0.717) is 0 Å². The van der Waals surface area contributed by atoms with E-state index in [1.54, 1.807) is 0 Å². The number of morpholine rings is 1. The minimum Gasteiger partial charge on any atom is -0.365 e. The smallest absolute Gasteiger partial charge is 0.0888 e. The molecule has 3 nitrogen and oxygen atoms in total. The van der Waals surface area contributed by atoms with Crippen LogP contribution in [0.3, 0.4) is 0 Å². The fourth-order valence-electron chi connectivity index (χ4n) is 2.68. The van der Waals surface area contributed by atoms with Gasteiger partial charge in [0.05, 0.1) is 11.7 Å². The van der Waals surface area contributed by atoms with Gasteiger partial charge in [-0.05, 0) is 26.9 Å². The lowest BCUT2D eigenvalue weighted by Crippen LogP contribution is -2.57. The predicted molar refractivity (Wildman–Crippen MR) is 62.0 cm³/mol. The van der Waals surface area contributed by atoms with Gasteiger partial charge in [0.2, 0.25) is 0 Å². The standard InChI is InChI=1S/C12H22N2O/c1-4-11-9-14(3)10-12(15-11)5-7-13(2)8-6-12/h4,11H,1,5-10H2,2-3H3. The predicted octanol–water partition coefficient (Wildman–Crippen LogP) is 0.967. The van der Waals surface area contributed by atoms with Gasteiger partial charge in [-0.1, -0.05) is 6.08 Å². The number of likely N-dealkylation sites (tertiary alicyclic amines) is 1. The van der Waals surface area contributed by atoms with Crippen LogP contribution in [0.15, 0.2) is 12.7 Å². The van der Waals surface area contributed by atoms with E-state index in [-0.39, 0.29) is 11.7 Å². The molecule has 1 unspecified atom stereocenters. The summed E-state index contributed by atoms with van der Waals surface area (Å²) in [4.78, 5) is 4.76. The van der Waals surface area contributed by atoms with E-state index in [9.17, 15) is 0 Å². The van der Waals surface area contributed by atoms with Crippen molar-refractivity contribution in [3.05, 3.63) is 12.7 Å². The summed E-state index contributed by atoms with van der Waals surface area (Å²) in [5.74, 6) is 0. The van der Waals surface area contributed by atoms with Crippen molar-refractivity contribution in [2.45, 2.75) is 24.5 Å². The maximum absolute atomic E-state index is 6.20. The van der Waals surface area contributed by atoms with E-state index in [0.717, 1.165) is 39.0 Å². The molecule has 2 saturated heterocycles. The Kier molecular flexibility index (Phi) is 3.14. The third-order valence-electron chi connectivity index (χ3n) is 3.61. The van der Waals surface area contributed by atoms with Crippen LogP contribution in [-0.2, 0) is 4.74 Å². The van der Waals surface area contributed by atoms with Crippen LogP contribution in [0.25, 0.3) is 0 Å². The highest BCUT2D eigenvalue weighted by Crippen LogP contribution is 2.31. The fourth-order valence-corrected chi connectivity index (χ4v) is 2.68. The lowest BCUT2D eigenvalue weighted by molar-refractivity contribution is -0.154. The fraction of sp³-hybridized carbons (Fsp3) is 0.833. The molecule has 0 N–H and O–H groups in total. The molecule has 0 aromatic carbocycles. The number of likely N-dealkylation sites (N-methyl/N-ethyl adjacent to an activating group) is 1. The van der Waals surface area contributed by atoms with E-state index in [1.807, 2.05) is 6.08 Å².